The summed E-state index contributed by atoms with van der Waals surface area (Å²) in [7, 11) is 1.23. The fourth-order valence-corrected chi connectivity index (χ4v) is 12.2. The molecule has 0 bridgehead atoms. The zero-order valence-electron chi connectivity index (χ0n) is 58.7. The van der Waals surface area contributed by atoms with E-state index in [1.807, 2.05) is 0 Å². The first kappa shape index (κ1) is 84.0. The van der Waals surface area contributed by atoms with Crippen molar-refractivity contribution in [2.75, 3.05) is 40.1 Å². The second-order valence-corrected chi connectivity index (χ2v) is 26.3. The fraction of sp³-hybridized carbons (Fsp3) is 0.425. The molecule has 5 fully saturated rings. The maximum absolute atomic E-state index is 13.4. The molecule has 1 aliphatic carbocycles. The highest BCUT2D eigenvalue weighted by Gasteiger charge is 2.54. The van der Waals surface area contributed by atoms with E-state index in [9.17, 15) is 126 Å². The van der Waals surface area contributed by atoms with Crippen LogP contribution >= 0.6 is 0 Å². The van der Waals surface area contributed by atoms with Crippen LogP contribution in [-0.4, -0.2) is 319 Å². The number of methoxy groups -OCH3 is 1. The molecule has 4 aromatic rings. The Balaban J connectivity index is 0.745. The van der Waals surface area contributed by atoms with Crippen LogP contribution < -0.4 is 29.1 Å². The number of phenolic OH excluding ortho intramolecular Hbond substituents is 5. The fourth-order valence-electron chi connectivity index (χ4n) is 12.2. The second-order valence-electron chi connectivity index (χ2n) is 26.3. The van der Waals surface area contributed by atoms with E-state index in [1.54, 1.807) is 0 Å². The molecule has 113 heavy (non-hydrogen) atoms. The van der Waals surface area contributed by atoms with Gasteiger partial charge in [-0.05, 0) is 95.6 Å². The van der Waals surface area contributed by atoms with E-state index in [0.717, 1.165) is 72.8 Å². The largest absolute Gasteiger partial charge is 0.507 e. The molecule has 0 spiro atoms. The Hall–Kier alpha value is -9.94. The Morgan fingerprint density at radius 3 is 1.23 bits per heavy atom. The normalized spacial score (nSPS) is 32.1. The van der Waals surface area contributed by atoms with Crippen LogP contribution in [0.15, 0.2) is 118 Å². The first-order valence-electron chi connectivity index (χ1n) is 34.4. The Bertz CT molecular complexity index is 4410. The van der Waals surface area contributed by atoms with Crippen molar-refractivity contribution in [2.24, 2.45) is 0 Å². The molecule has 5 saturated heterocycles. The maximum atomic E-state index is 13.4. The molecule has 11 rings (SSSR count). The van der Waals surface area contributed by atoms with Gasteiger partial charge in [0.2, 0.25) is 25.2 Å². The van der Waals surface area contributed by atoms with Crippen LogP contribution in [0.2, 0.25) is 0 Å². The van der Waals surface area contributed by atoms with Crippen molar-refractivity contribution in [3.8, 4) is 80.1 Å². The molecule has 7 aliphatic rings. The van der Waals surface area contributed by atoms with Gasteiger partial charge in [0.05, 0.1) is 25.9 Å². The van der Waals surface area contributed by atoms with Crippen LogP contribution in [0.1, 0.15) is 16.7 Å². The zero-order chi connectivity index (χ0) is 81.5. The third-order valence-corrected chi connectivity index (χ3v) is 18.5. The third kappa shape index (κ3) is 19.3. The molecule has 0 amide bonds. The lowest BCUT2D eigenvalue weighted by molar-refractivity contribution is -0.358. The van der Waals surface area contributed by atoms with E-state index < -0.39 is 239 Å². The smallest absolute Gasteiger partial charge is 0.330 e. The van der Waals surface area contributed by atoms with Gasteiger partial charge in [-0.1, -0.05) is 18.2 Å². The number of ether oxygens (including phenoxy) is 14. The predicted molar refractivity (Wildman–Crippen MR) is 370 cm³/mol. The van der Waals surface area contributed by atoms with Crippen molar-refractivity contribution < 1.29 is 192 Å². The molecule has 612 valence electrons. The molecule has 40 nitrogen and oxygen atoms in total. The number of phenols is 5. The minimum absolute atomic E-state index is 0.0649. The highest BCUT2D eigenvalue weighted by Crippen LogP contribution is 2.45. The summed E-state index contributed by atoms with van der Waals surface area (Å²) >= 11 is 0. The Morgan fingerprint density at radius 1 is 0.372 bits per heavy atom. The number of carbonyl (C=O) groups is 3. The third-order valence-electron chi connectivity index (χ3n) is 18.5. The summed E-state index contributed by atoms with van der Waals surface area (Å²) in [5.74, 6) is -7.94. The lowest BCUT2D eigenvalue weighted by Gasteiger charge is -2.46. The molecule has 0 unspecified atom stereocenters. The summed E-state index contributed by atoms with van der Waals surface area (Å²) in [4.78, 5) is 52.1. The van der Waals surface area contributed by atoms with Gasteiger partial charge in [-0.2, -0.15) is 0 Å². The molecule has 25 atom stereocenters. The van der Waals surface area contributed by atoms with E-state index in [1.165, 1.54) is 61.7 Å². The molecule has 0 aromatic heterocycles. The number of benzene rings is 5. The van der Waals surface area contributed by atoms with Crippen molar-refractivity contribution in [3.63, 3.8) is 0 Å². The number of hydrogen-bond donors (Lipinski definition) is 21. The van der Waals surface area contributed by atoms with Crippen LogP contribution in [-0.2, 0) is 57.0 Å². The zero-order valence-corrected chi connectivity index (χ0v) is 58.7. The van der Waals surface area contributed by atoms with Crippen LogP contribution in [0.4, 0.5) is 0 Å². The summed E-state index contributed by atoms with van der Waals surface area (Å²) in [5.41, 5.74) is -0.352. The maximum Gasteiger partial charge on any atom is 0.330 e. The summed E-state index contributed by atoms with van der Waals surface area (Å²) in [6.07, 6.45) is -40.5. The van der Waals surface area contributed by atoms with Gasteiger partial charge in [-0.3, -0.25) is 4.79 Å². The van der Waals surface area contributed by atoms with Gasteiger partial charge in [0.1, 0.15) is 147 Å². The first-order valence-corrected chi connectivity index (χ1v) is 34.4. The molecule has 40 heteroatoms. The van der Waals surface area contributed by atoms with Crippen molar-refractivity contribution in [1.82, 2.24) is 0 Å². The molecular formula is C73H80O40. The van der Waals surface area contributed by atoms with E-state index in [0.29, 0.717) is 0 Å². The van der Waals surface area contributed by atoms with E-state index in [4.69, 9.17) is 70.7 Å². The van der Waals surface area contributed by atoms with Crippen LogP contribution in [0.5, 0.6) is 57.5 Å². The average Bonchev–Trinajstić information content (AvgIpc) is 0.763. The Morgan fingerprint density at radius 2 is 0.761 bits per heavy atom. The van der Waals surface area contributed by atoms with Gasteiger partial charge in [0.25, 0.3) is 0 Å². The van der Waals surface area contributed by atoms with Crippen molar-refractivity contribution in [1.29, 1.82) is 0 Å². The molecular weight excluding hydrogens is 1520 g/mol. The van der Waals surface area contributed by atoms with Gasteiger partial charge < -0.3 is 178 Å². The van der Waals surface area contributed by atoms with Gasteiger partial charge in [0, 0.05) is 35.9 Å². The number of aromatic hydroxyl groups is 5. The number of carbonyl (C=O) groups excluding carboxylic acids is 3. The number of aliphatic hydroxyl groups excluding tert-OH is 16. The highest BCUT2D eigenvalue weighted by atomic mass is 16.8. The van der Waals surface area contributed by atoms with Crippen molar-refractivity contribution >= 4 is 36.1 Å². The lowest BCUT2D eigenvalue weighted by Crippen LogP contribution is -2.65. The first-order chi connectivity index (χ1) is 53.8. The molecule has 4 aromatic carbocycles. The Kier molecular flexibility index (Phi) is 27.1. The molecule has 6 heterocycles. The standard InChI is InChI=1S/C73H80O40/c1-99-41-19-31(8-11-34(41)77)67-44(22-33-37(80)20-32(76)21-40(33)103-67)107-73-68(113-72-66(98)61(93)56(88)48(111-72)26-101-52(84)15-7-30-3-10-36(79)43(18-30)106-71-64(96)59(91)54(86)46(24-75)109-71)62(94)57(89)49(112-73)27-102-50(82)13-5-28-4-12-39(38(81)16-28)104-69-65(97)60(92)55(87)47(110-69)25-100-51(83)14-6-29-2-9-35(78)42(17-29)105-70-63(95)58(90)53(85)45(23-74)108-70/h2-22,45-49,53-66,68-75,77-81,85-98H,23-27H2,1H3/b13-5+,14-6?,15-7?/t45-,46+,47-,48+,49-,53-,54+,55-,56+,57-,58+,59-,60+,61-,62+,63-,64+,65-,66+,68-,69-,70-,71+,72-,73+/m1/s1. The Labute approximate surface area is 636 Å². The minimum Gasteiger partial charge on any atom is -0.507 e. The number of fused-ring (bicyclic) bond motifs is 1. The number of aliphatic hydroxyl groups is 16. The summed E-state index contributed by atoms with van der Waals surface area (Å²) in [6.45, 7) is -4.08. The average molecular weight is 1600 g/mol. The summed E-state index contributed by atoms with van der Waals surface area (Å²) in [6, 6.07) is 17.6. The summed E-state index contributed by atoms with van der Waals surface area (Å²) in [5, 5.41) is 224. The van der Waals surface area contributed by atoms with Crippen LogP contribution in [0.3, 0.4) is 0 Å². The van der Waals surface area contributed by atoms with Crippen LogP contribution in [0, 0.1) is 0 Å². The molecule has 6 aliphatic heterocycles. The highest BCUT2D eigenvalue weighted by molar-refractivity contribution is 5.88. The molecule has 0 radical (unpaired) electrons. The van der Waals surface area contributed by atoms with E-state index in [-0.39, 0.29) is 68.1 Å². The lowest BCUT2D eigenvalue weighted by atomic mass is 9.97. The van der Waals surface area contributed by atoms with E-state index >= 15 is 0 Å². The number of esters is 3. The monoisotopic (exact) mass is 1600 g/mol. The minimum atomic E-state index is -2.24. The van der Waals surface area contributed by atoms with Crippen molar-refractivity contribution in [3.05, 3.63) is 136 Å². The van der Waals surface area contributed by atoms with Gasteiger partial charge in [-0.25, -0.2) is 14.4 Å². The molecule has 21 N–H and O–H groups in total. The predicted octanol–water partition coefficient (Wildman–Crippen LogP) is -4.72. The quantitative estimate of drug-likeness (QED) is 0.0138. The van der Waals surface area contributed by atoms with Gasteiger partial charge >= 0.3 is 17.9 Å². The molecule has 0 saturated carbocycles. The van der Waals surface area contributed by atoms with E-state index in [2.05, 4.69) is 0 Å². The topological polar surface area (TPSA) is 635 Å². The van der Waals surface area contributed by atoms with Crippen LogP contribution in [0.25, 0.3) is 40.9 Å². The SMILES string of the molecule is COc1cc(-c2oc3cc(=O)cc(O)c-3cc2O[C@H]2O[C@H](COC(=O)/C=C/c3ccc(O[C@@H]4O[C@H](COC(=O)C=Cc5ccc(O)c(O[C@@H]6O[C@H](CO)[C@@H](O)[C@H](O)[C@H]6O)c5)[C@@H](O)[C@H](O)[C@H]4O)c(O)c3)[C@@H](O)[C@H](O)[C@H]2O[C@H]2O[C@@H](COC(=O)C=Cc3ccc(O)c(O[C@H]4O[C@@H](CO)[C@H](O)[C@@H](O)[C@@H]4O)c3)[C@H](O)[C@@H](O)[C@@H]2O)ccc1O. The van der Waals surface area contributed by atoms with Gasteiger partial charge in [-0.15, -0.1) is 0 Å². The number of hydrogen-bond acceptors (Lipinski definition) is 40. The number of rotatable bonds is 26. The second kappa shape index (κ2) is 36.5. The van der Waals surface area contributed by atoms with Crippen molar-refractivity contribution in [2.45, 2.75) is 154 Å². The summed E-state index contributed by atoms with van der Waals surface area (Å²) < 4.78 is 84.7. The van der Waals surface area contributed by atoms with Gasteiger partial charge in [0.15, 0.2) is 75.3 Å².